The lowest BCUT2D eigenvalue weighted by Gasteiger charge is -2.09. The zero-order valence-electron chi connectivity index (χ0n) is 15.0. The maximum atomic E-state index is 12.6. The Morgan fingerprint density at radius 1 is 0.964 bits per heavy atom. The van der Waals surface area contributed by atoms with Crippen molar-refractivity contribution >= 4 is 27.0 Å². The van der Waals surface area contributed by atoms with Crippen molar-refractivity contribution in [1.29, 1.82) is 0 Å². The third kappa shape index (κ3) is 3.95. The molecular formula is C21H17N3O2S2. The summed E-state index contributed by atoms with van der Waals surface area (Å²) in [7, 11) is -3.64. The van der Waals surface area contributed by atoms with Gasteiger partial charge in [-0.2, -0.15) is 0 Å². The van der Waals surface area contributed by atoms with Crippen molar-refractivity contribution in [2.24, 2.45) is 0 Å². The highest BCUT2D eigenvalue weighted by Crippen LogP contribution is 2.30. The number of nitrogens with one attached hydrogen (secondary N) is 1. The van der Waals surface area contributed by atoms with Crippen molar-refractivity contribution in [2.75, 3.05) is 4.72 Å². The van der Waals surface area contributed by atoms with Crippen LogP contribution >= 0.6 is 11.3 Å². The van der Waals surface area contributed by atoms with Crippen LogP contribution < -0.4 is 4.72 Å². The number of nitrogens with zero attached hydrogens (tertiary/aromatic N) is 2. The fourth-order valence-electron chi connectivity index (χ4n) is 2.70. The number of rotatable bonds is 5. The van der Waals surface area contributed by atoms with Crippen molar-refractivity contribution in [3.8, 4) is 21.8 Å². The first-order valence-corrected chi connectivity index (χ1v) is 10.9. The Bertz CT molecular complexity index is 1200. The molecule has 4 rings (SSSR count). The largest absolute Gasteiger partial charge is 0.280 e. The molecule has 5 nitrogen and oxygen atoms in total. The van der Waals surface area contributed by atoms with Gasteiger partial charge in [0.05, 0.1) is 10.6 Å². The number of pyridine rings is 1. The maximum Gasteiger partial charge on any atom is 0.261 e. The van der Waals surface area contributed by atoms with E-state index in [4.69, 9.17) is 0 Å². The number of hydrogen-bond acceptors (Lipinski definition) is 5. The molecule has 7 heteroatoms. The minimum atomic E-state index is -3.64. The van der Waals surface area contributed by atoms with Crippen molar-refractivity contribution < 1.29 is 8.42 Å². The summed E-state index contributed by atoms with van der Waals surface area (Å²) in [5.74, 6) is 0. The smallest absolute Gasteiger partial charge is 0.261 e. The molecule has 4 aromatic rings. The molecule has 1 N–H and O–H groups in total. The van der Waals surface area contributed by atoms with Crippen molar-refractivity contribution in [2.45, 2.75) is 11.8 Å². The highest BCUT2D eigenvalue weighted by atomic mass is 32.2. The Morgan fingerprint density at radius 3 is 2.50 bits per heavy atom. The lowest BCUT2D eigenvalue weighted by molar-refractivity contribution is 0.601. The quantitative estimate of drug-likeness (QED) is 0.506. The van der Waals surface area contributed by atoms with E-state index < -0.39 is 10.0 Å². The van der Waals surface area contributed by atoms with Gasteiger partial charge in [-0.25, -0.2) is 13.4 Å². The summed E-state index contributed by atoms with van der Waals surface area (Å²) in [5, 5.41) is 2.82. The van der Waals surface area contributed by atoms with Crippen molar-refractivity contribution in [3.63, 3.8) is 0 Å². The monoisotopic (exact) mass is 407 g/mol. The number of aromatic nitrogens is 2. The van der Waals surface area contributed by atoms with Crippen molar-refractivity contribution in [3.05, 3.63) is 84.0 Å². The Kier molecular flexibility index (Phi) is 4.93. The highest BCUT2D eigenvalue weighted by molar-refractivity contribution is 7.92. The zero-order chi connectivity index (χ0) is 19.6. The van der Waals surface area contributed by atoms with E-state index in [0.717, 1.165) is 27.4 Å². The van der Waals surface area contributed by atoms with E-state index in [0.29, 0.717) is 5.69 Å². The van der Waals surface area contributed by atoms with E-state index >= 15 is 0 Å². The standard InChI is InChI=1S/C21H17N3O2S2/c1-15-7-9-19(10-8-15)28(25,26)24-18-6-2-4-16(12-18)20-14-27-21(23-20)17-5-3-11-22-13-17/h2-14,24H,1H3. The van der Waals surface area contributed by atoms with Crippen LogP contribution in [0.25, 0.3) is 21.8 Å². The molecule has 2 aromatic heterocycles. The molecule has 0 atom stereocenters. The predicted molar refractivity (Wildman–Crippen MR) is 113 cm³/mol. The fraction of sp³-hybridized carbons (Fsp3) is 0.0476. The topological polar surface area (TPSA) is 72.0 Å². The second-order valence-corrected chi connectivity index (χ2v) is 8.82. The first-order chi connectivity index (χ1) is 13.5. The van der Waals surface area contributed by atoms with Gasteiger partial charge in [0, 0.05) is 34.6 Å². The Labute approximate surface area is 167 Å². The molecule has 0 fully saturated rings. The number of aryl methyl sites for hydroxylation is 1. The van der Waals surface area contributed by atoms with Crippen LogP contribution in [0.2, 0.25) is 0 Å². The molecule has 2 aromatic carbocycles. The lowest BCUT2D eigenvalue weighted by Crippen LogP contribution is -2.12. The van der Waals surface area contributed by atoms with Gasteiger partial charge in [0.15, 0.2) is 0 Å². The second-order valence-electron chi connectivity index (χ2n) is 6.28. The van der Waals surface area contributed by atoms with Crippen LogP contribution in [0, 0.1) is 6.92 Å². The van der Waals surface area contributed by atoms with Gasteiger partial charge in [0.1, 0.15) is 5.01 Å². The summed E-state index contributed by atoms with van der Waals surface area (Å²) in [6.07, 6.45) is 3.50. The molecule has 28 heavy (non-hydrogen) atoms. The molecule has 140 valence electrons. The minimum absolute atomic E-state index is 0.232. The van der Waals surface area contributed by atoms with E-state index in [-0.39, 0.29) is 4.90 Å². The molecule has 0 amide bonds. The number of thiazole rings is 1. The fourth-order valence-corrected chi connectivity index (χ4v) is 4.57. The summed E-state index contributed by atoms with van der Waals surface area (Å²) in [4.78, 5) is 9.01. The molecule has 0 saturated carbocycles. The molecule has 0 aliphatic carbocycles. The molecule has 0 bridgehead atoms. The van der Waals surface area contributed by atoms with E-state index in [9.17, 15) is 8.42 Å². The number of sulfonamides is 1. The Balaban J connectivity index is 1.60. The van der Waals surface area contributed by atoms with Gasteiger partial charge < -0.3 is 0 Å². The summed E-state index contributed by atoms with van der Waals surface area (Å²) < 4.78 is 27.9. The molecule has 0 aliphatic heterocycles. The van der Waals surface area contributed by atoms with Crippen molar-refractivity contribution in [1.82, 2.24) is 9.97 Å². The van der Waals surface area contributed by atoms with Gasteiger partial charge in [-0.1, -0.05) is 29.8 Å². The third-order valence-electron chi connectivity index (χ3n) is 4.15. The molecule has 0 radical (unpaired) electrons. The van der Waals surface area contributed by atoms with Crippen LogP contribution in [0.5, 0.6) is 0 Å². The van der Waals surface area contributed by atoms with E-state index in [1.54, 1.807) is 48.8 Å². The van der Waals surface area contributed by atoms with Crippen LogP contribution in [0.15, 0.2) is 83.3 Å². The van der Waals surface area contributed by atoms with Gasteiger partial charge in [0.25, 0.3) is 10.0 Å². The summed E-state index contributed by atoms with van der Waals surface area (Å²) >= 11 is 1.52. The molecule has 2 heterocycles. The number of anilines is 1. The zero-order valence-corrected chi connectivity index (χ0v) is 16.7. The lowest BCUT2D eigenvalue weighted by atomic mass is 10.1. The van der Waals surface area contributed by atoms with Crippen LogP contribution in [-0.4, -0.2) is 18.4 Å². The first kappa shape index (κ1) is 18.3. The first-order valence-electron chi connectivity index (χ1n) is 8.57. The third-order valence-corrected chi connectivity index (χ3v) is 6.44. The second kappa shape index (κ2) is 7.53. The molecule has 0 spiro atoms. The summed E-state index contributed by atoms with van der Waals surface area (Å²) in [6, 6.07) is 17.8. The predicted octanol–water partition coefficient (Wildman–Crippen LogP) is 4.98. The summed E-state index contributed by atoms with van der Waals surface area (Å²) in [5.41, 5.74) is 4.09. The van der Waals surface area contributed by atoms with Gasteiger partial charge >= 0.3 is 0 Å². The van der Waals surface area contributed by atoms with Gasteiger partial charge in [-0.05, 0) is 43.3 Å². The average molecular weight is 408 g/mol. The SMILES string of the molecule is Cc1ccc(S(=O)(=O)Nc2cccc(-c3csc(-c4cccnc4)n3)c2)cc1. The van der Waals surface area contributed by atoms with Gasteiger partial charge in [-0.3, -0.25) is 9.71 Å². The van der Waals surface area contributed by atoms with E-state index in [2.05, 4.69) is 14.7 Å². The average Bonchev–Trinajstić information content (AvgIpc) is 3.19. The highest BCUT2D eigenvalue weighted by Gasteiger charge is 2.14. The molecular weight excluding hydrogens is 390 g/mol. The maximum absolute atomic E-state index is 12.6. The minimum Gasteiger partial charge on any atom is -0.280 e. The van der Waals surface area contributed by atoms with Crippen LogP contribution in [0.4, 0.5) is 5.69 Å². The Morgan fingerprint density at radius 2 is 1.75 bits per heavy atom. The van der Waals surface area contributed by atoms with Crippen LogP contribution in [0.3, 0.4) is 0 Å². The normalized spacial score (nSPS) is 11.3. The Hall–Kier alpha value is -3.03. The van der Waals surface area contributed by atoms with Crippen LogP contribution in [-0.2, 0) is 10.0 Å². The molecule has 0 aliphatic rings. The number of benzene rings is 2. The number of hydrogen-bond donors (Lipinski definition) is 1. The molecule has 0 unspecified atom stereocenters. The summed E-state index contributed by atoms with van der Waals surface area (Å²) in [6.45, 7) is 1.92. The van der Waals surface area contributed by atoms with Crippen LogP contribution in [0.1, 0.15) is 5.56 Å². The van der Waals surface area contributed by atoms with E-state index in [1.165, 1.54) is 11.3 Å². The molecule has 0 saturated heterocycles. The van der Waals surface area contributed by atoms with E-state index in [1.807, 2.05) is 36.6 Å². The van der Waals surface area contributed by atoms with Gasteiger partial charge in [0.2, 0.25) is 0 Å². The van der Waals surface area contributed by atoms with Gasteiger partial charge in [-0.15, -0.1) is 11.3 Å².